The number of hydrogen-bond acceptors (Lipinski definition) is 8. The molecule has 0 bridgehead atoms. The zero-order valence-electron chi connectivity index (χ0n) is 14.9. The largest absolute Gasteiger partial charge is 0.467 e. The molecule has 0 saturated heterocycles. The van der Waals surface area contributed by atoms with Crippen LogP contribution in [0.25, 0.3) is 11.4 Å². The molecule has 0 spiro atoms. The molecule has 0 atom stereocenters. The van der Waals surface area contributed by atoms with Crippen LogP contribution in [0.15, 0.2) is 71.6 Å². The van der Waals surface area contributed by atoms with Crippen molar-refractivity contribution in [1.82, 2.24) is 19.7 Å². The lowest BCUT2D eigenvalue weighted by molar-refractivity contribution is -0.385. The number of carbonyl (C=O) groups is 1. The molecule has 144 valence electrons. The zero-order chi connectivity index (χ0) is 20.2. The van der Waals surface area contributed by atoms with Gasteiger partial charge in [0.05, 0.1) is 17.7 Å². The number of nitro benzene ring substituents is 1. The standard InChI is InChI=1S/C19H14N6O4/c26-18(15-7-1-2-8-16(15)25(27)28)24-19(21-12-14-6-4-10-29-14)22-17(23-24)13-5-3-9-20-11-13/h1-11H,12H2,(H,21,22,23). The highest BCUT2D eigenvalue weighted by Gasteiger charge is 2.25. The van der Waals surface area contributed by atoms with Crippen LogP contribution in [-0.2, 0) is 6.54 Å². The third kappa shape index (κ3) is 3.72. The van der Waals surface area contributed by atoms with Crippen molar-refractivity contribution in [1.29, 1.82) is 0 Å². The minimum Gasteiger partial charge on any atom is -0.467 e. The number of furan rings is 1. The first-order valence-electron chi connectivity index (χ1n) is 8.55. The molecule has 0 aliphatic heterocycles. The Labute approximate surface area is 164 Å². The van der Waals surface area contributed by atoms with Crippen LogP contribution < -0.4 is 5.32 Å². The molecule has 29 heavy (non-hydrogen) atoms. The molecule has 4 aromatic rings. The van der Waals surface area contributed by atoms with Gasteiger partial charge in [-0.05, 0) is 30.3 Å². The van der Waals surface area contributed by atoms with Gasteiger partial charge < -0.3 is 9.73 Å². The summed E-state index contributed by atoms with van der Waals surface area (Å²) in [5, 5.41) is 18.6. The molecule has 3 heterocycles. The van der Waals surface area contributed by atoms with Crippen LogP contribution in [0.1, 0.15) is 16.1 Å². The minimum atomic E-state index is -0.679. The van der Waals surface area contributed by atoms with Gasteiger partial charge in [0.1, 0.15) is 11.3 Å². The predicted octanol–water partition coefficient (Wildman–Crippen LogP) is 3.14. The average Bonchev–Trinajstić information content (AvgIpc) is 3.42. The summed E-state index contributed by atoms with van der Waals surface area (Å²) >= 11 is 0. The summed E-state index contributed by atoms with van der Waals surface area (Å²) < 4.78 is 6.29. The fourth-order valence-corrected chi connectivity index (χ4v) is 2.69. The number of nitro groups is 1. The number of para-hydroxylation sites is 1. The van der Waals surface area contributed by atoms with E-state index < -0.39 is 10.8 Å². The van der Waals surface area contributed by atoms with E-state index in [9.17, 15) is 14.9 Å². The molecule has 4 rings (SSSR count). The maximum atomic E-state index is 13.1. The maximum absolute atomic E-state index is 13.1. The summed E-state index contributed by atoms with van der Waals surface area (Å²) in [6.45, 7) is 0.252. The van der Waals surface area contributed by atoms with E-state index >= 15 is 0 Å². The molecule has 0 radical (unpaired) electrons. The van der Waals surface area contributed by atoms with Gasteiger partial charge in [0.15, 0.2) is 5.82 Å². The molecule has 0 saturated carbocycles. The first-order chi connectivity index (χ1) is 14.1. The van der Waals surface area contributed by atoms with Gasteiger partial charge in [-0.15, -0.1) is 5.10 Å². The van der Waals surface area contributed by atoms with Gasteiger partial charge in [-0.1, -0.05) is 12.1 Å². The SMILES string of the molecule is O=C(c1ccccc1[N+](=O)[O-])n1nc(-c2cccnc2)nc1NCc1ccco1. The second-order valence-corrected chi connectivity index (χ2v) is 5.92. The molecule has 10 nitrogen and oxygen atoms in total. The molecular weight excluding hydrogens is 376 g/mol. The van der Waals surface area contributed by atoms with Gasteiger partial charge in [0.25, 0.3) is 11.6 Å². The second-order valence-electron chi connectivity index (χ2n) is 5.92. The van der Waals surface area contributed by atoms with Gasteiger partial charge in [-0.2, -0.15) is 9.67 Å². The normalized spacial score (nSPS) is 10.6. The van der Waals surface area contributed by atoms with E-state index in [4.69, 9.17) is 4.42 Å². The Morgan fingerprint density at radius 3 is 2.76 bits per heavy atom. The lowest BCUT2D eigenvalue weighted by atomic mass is 10.1. The van der Waals surface area contributed by atoms with E-state index in [1.807, 2.05) is 0 Å². The fraction of sp³-hybridized carbons (Fsp3) is 0.0526. The maximum Gasteiger partial charge on any atom is 0.288 e. The summed E-state index contributed by atoms with van der Waals surface area (Å²) in [6.07, 6.45) is 4.70. The number of nitrogens with zero attached hydrogens (tertiary/aromatic N) is 5. The van der Waals surface area contributed by atoms with Gasteiger partial charge in [0.2, 0.25) is 5.95 Å². The van der Waals surface area contributed by atoms with Gasteiger partial charge in [0, 0.05) is 24.0 Å². The van der Waals surface area contributed by atoms with Crippen molar-refractivity contribution >= 4 is 17.5 Å². The predicted molar refractivity (Wildman–Crippen MR) is 102 cm³/mol. The van der Waals surface area contributed by atoms with Crippen LogP contribution in [-0.4, -0.2) is 30.6 Å². The van der Waals surface area contributed by atoms with Crippen molar-refractivity contribution in [3.05, 3.63) is 88.6 Å². The van der Waals surface area contributed by atoms with E-state index in [0.29, 0.717) is 11.3 Å². The number of carbonyl (C=O) groups excluding carboxylic acids is 1. The number of nitrogens with one attached hydrogen (secondary N) is 1. The first-order valence-corrected chi connectivity index (χ1v) is 8.55. The van der Waals surface area contributed by atoms with Crippen molar-refractivity contribution in [3.63, 3.8) is 0 Å². The topological polar surface area (TPSA) is 129 Å². The van der Waals surface area contributed by atoms with Gasteiger partial charge in [-0.3, -0.25) is 19.9 Å². The summed E-state index contributed by atoms with van der Waals surface area (Å²) in [5.74, 6) is 0.331. The van der Waals surface area contributed by atoms with E-state index in [1.54, 1.807) is 42.7 Å². The first kappa shape index (κ1) is 18.0. The molecule has 0 fully saturated rings. The number of hydrogen-bond donors (Lipinski definition) is 1. The molecule has 10 heteroatoms. The van der Waals surface area contributed by atoms with E-state index in [0.717, 1.165) is 4.68 Å². The highest BCUT2D eigenvalue weighted by molar-refractivity contribution is 6.00. The number of pyridine rings is 1. The van der Waals surface area contributed by atoms with Gasteiger partial charge >= 0.3 is 0 Å². The third-order valence-electron chi connectivity index (χ3n) is 4.05. The lowest BCUT2D eigenvalue weighted by Gasteiger charge is -2.06. The Morgan fingerprint density at radius 2 is 2.03 bits per heavy atom. The van der Waals surface area contributed by atoms with Crippen molar-refractivity contribution in [3.8, 4) is 11.4 Å². The molecule has 1 aromatic carbocycles. The summed E-state index contributed by atoms with van der Waals surface area (Å²) in [5.41, 5.74) is 0.191. The summed E-state index contributed by atoms with van der Waals surface area (Å²) in [7, 11) is 0. The Kier molecular flexibility index (Phi) is 4.81. The quantitative estimate of drug-likeness (QED) is 0.393. The number of benzene rings is 1. The van der Waals surface area contributed by atoms with Crippen molar-refractivity contribution in [2.45, 2.75) is 6.54 Å². The van der Waals surface area contributed by atoms with E-state index in [-0.39, 0.29) is 29.6 Å². The molecule has 0 amide bonds. The smallest absolute Gasteiger partial charge is 0.288 e. The fourth-order valence-electron chi connectivity index (χ4n) is 2.69. The minimum absolute atomic E-state index is 0.0961. The van der Waals surface area contributed by atoms with Crippen LogP contribution in [0.5, 0.6) is 0 Å². The lowest BCUT2D eigenvalue weighted by Crippen LogP contribution is -2.18. The van der Waals surface area contributed by atoms with Crippen LogP contribution >= 0.6 is 0 Å². The third-order valence-corrected chi connectivity index (χ3v) is 4.05. The van der Waals surface area contributed by atoms with Crippen molar-refractivity contribution < 1.29 is 14.1 Å². The molecule has 3 aromatic heterocycles. The number of rotatable bonds is 6. The Hall–Kier alpha value is -4.34. The Morgan fingerprint density at radius 1 is 1.17 bits per heavy atom. The summed E-state index contributed by atoms with van der Waals surface area (Å²) in [6, 6.07) is 12.7. The highest BCUT2D eigenvalue weighted by atomic mass is 16.6. The molecular formula is C19H14N6O4. The zero-order valence-corrected chi connectivity index (χ0v) is 14.9. The molecule has 1 N–H and O–H groups in total. The molecule has 0 unspecified atom stereocenters. The Bertz CT molecular complexity index is 1150. The number of anilines is 1. The van der Waals surface area contributed by atoms with Crippen LogP contribution in [0.2, 0.25) is 0 Å². The Balaban J connectivity index is 1.75. The van der Waals surface area contributed by atoms with Crippen molar-refractivity contribution in [2.24, 2.45) is 0 Å². The van der Waals surface area contributed by atoms with Crippen LogP contribution in [0, 0.1) is 10.1 Å². The van der Waals surface area contributed by atoms with E-state index in [2.05, 4.69) is 20.4 Å². The monoisotopic (exact) mass is 390 g/mol. The van der Waals surface area contributed by atoms with Crippen LogP contribution in [0.4, 0.5) is 11.6 Å². The number of aromatic nitrogens is 4. The van der Waals surface area contributed by atoms with Gasteiger partial charge in [-0.25, -0.2) is 0 Å². The van der Waals surface area contributed by atoms with Crippen LogP contribution in [0.3, 0.4) is 0 Å². The molecule has 0 aliphatic carbocycles. The molecule has 0 aliphatic rings. The average molecular weight is 390 g/mol. The highest BCUT2D eigenvalue weighted by Crippen LogP contribution is 2.23. The van der Waals surface area contributed by atoms with Crippen molar-refractivity contribution in [2.75, 3.05) is 5.32 Å². The second kappa shape index (κ2) is 7.72. The summed E-state index contributed by atoms with van der Waals surface area (Å²) in [4.78, 5) is 32.2. The van der Waals surface area contributed by atoms with E-state index in [1.165, 1.54) is 24.5 Å².